The van der Waals surface area contributed by atoms with Crippen LogP contribution in [0.4, 0.5) is 4.39 Å². The molecule has 1 atom stereocenters. The molecule has 0 spiro atoms. The molecule has 0 radical (unpaired) electrons. The molecule has 118 valence electrons. The van der Waals surface area contributed by atoms with Crippen molar-refractivity contribution in [2.45, 2.75) is 57.5 Å². The number of fused-ring (bicyclic) bond motifs is 1. The van der Waals surface area contributed by atoms with Gasteiger partial charge in [-0.1, -0.05) is 25.5 Å². The van der Waals surface area contributed by atoms with E-state index in [-0.39, 0.29) is 11.8 Å². The van der Waals surface area contributed by atoms with Crippen LogP contribution in [-0.4, -0.2) is 5.97 Å². The van der Waals surface area contributed by atoms with Gasteiger partial charge in [-0.05, 0) is 62.3 Å². The third-order valence-corrected chi connectivity index (χ3v) is 5.16. The molecule has 0 saturated heterocycles. The van der Waals surface area contributed by atoms with Crippen molar-refractivity contribution < 1.29 is 13.9 Å². The van der Waals surface area contributed by atoms with Gasteiger partial charge in [0.2, 0.25) is 0 Å². The molecule has 1 aromatic rings. The molecular weight excluding hydrogens is 279 g/mol. The molecular formula is C19H23FO2. The maximum atomic E-state index is 13.6. The molecule has 0 bridgehead atoms. The van der Waals surface area contributed by atoms with E-state index in [1.54, 1.807) is 13.0 Å². The second-order valence-electron chi connectivity index (χ2n) is 6.70. The van der Waals surface area contributed by atoms with Crippen LogP contribution in [0.15, 0.2) is 30.4 Å². The van der Waals surface area contributed by atoms with Gasteiger partial charge in [0.15, 0.2) is 0 Å². The Hall–Kier alpha value is -1.64. The van der Waals surface area contributed by atoms with Crippen LogP contribution in [0.25, 0.3) is 0 Å². The van der Waals surface area contributed by atoms with Crippen molar-refractivity contribution in [2.75, 3.05) is 0 Å². The zero-order chi connectivity index (χ0) is 15.7. The quantitative estimate of drug-likeness (QED) is 0.599. The fraction of sp³-hybridized carbons (Fsp3) is 0.526. The summed E-state index contributed by atoms with van der Waals surface area (Å²) < 4.78 is 19.6. The molecule has 0 aromatic heterocycles. The number of aryl methyl sites for hydroxylation is 1. The fourth-order valence-corrected chi connectivity index (χ4v) is 4.12. The molecule has 2 nitrogen and oxygen atoms in total. The van der Waals surface area contributed by atoms with Crippen molar-refractivity contribution in [3.63, 3.8) is 0 Å². The van der Waals surface area contributed by atoms with Gasteiger partial charge >= 0.3 is 5.97 Å². The fourth-order valence-electron chi connectivity index (χ4n) is 4.12. The second kappa shape index (κ2) is 5.86. The number of esters is 1. The predicted octanol–water partition coefficient (Wildman–Crippen LogP) is 4.67. The van der Waals surface area contributed by atoms with E-state index in [0.29, 0.717) is 11.5 Å². The third kappa shape index (κ3) is 2.57. The average Bonchev–Trinajstić information content (AvgIpc) is 3.01. The highest BCUT2D eigenvalue weighted by Gasteiger charge is 2.47. The number of halogens is 1. The highest BCUT2D eigenvalue weighted by molar-refractivity contribution is 5.87. The molecule has 3 rings (SSSR count). The summed E-state index contributed by atoms with van der Waals surface area (Å²) in [6.07, 6.45) is 7.10. The summed E-state index contributed by atoms with van der Waals surface area (Å²) in [4.78, 5) is 12.3. The maximum Gasteiger partial charge on any atom is 0.334 e. The van der Waals surface area contributed by atoms with Gasteiger partial charge in [0.25, 0.3) is 0 Å². The van der Waals surface area contributed by atoms with Crippen LogP contribution in [0.5, 0.6) is 0 Å². The van der Waals surface area contributed by atoms with Crippen molar-refractivity contribution in [2.24, 2.45) is 5.92 Å². The first-order valence-electron chi connectivity index (χ1n) is 8.21. The Morgan fingerprint density at radius 3 is 2.73 bits per heavy atom. The minimum Gasteiger partial charge on any atom is -0.451 e. The summed E-state index contributed by atoms with van der Waals surface area (Å²) >= 11 is 0. The SMILES string of the molecule is C=C(C)C(=O)OC1(C2CCCC2)CCCc2cc(F)ccc21. The highest BCUT2D eigenvalue weighted by atomic mass is 19.1. The van der Waals surface area contributed by atoms with Crippen LogP contribution in [0, 0.1) is 11.7 Å². The summed E-state index contributed by atoms with van der Waals surface area (Å²) in [5.74, 6) is -0.211. The Kier molecular flexibility index (Phi) is 4.07. The van der Waals surface area contributed by atoms with Crippen LogP contribution in [0.1, 0.15) is 56.6 Å². The Morgan fingerprint density at radius 2 is 2.05 bits per heavy atom. The molecule has 1 aromatic carbocycles. The third-order valence-electron chi connectivity index (χ3n) is 5.16. The van der Waals surface area contributed by atoms with Crippen molar-refractivity contribution in [1.82, 2.24) is 0 Å². The first-order chi connectivity index (χ1) is 10.5. The van der Waals surface area contributed by atoms with E-state index in [2.05, 4.69) is 6.58 Å². The first kappa shape index (κ1) is 15.3. The average molecular weight is 302 g/mol. The number of benzene rings is 1. The Morgan fingerprint density at radius 1 is 1.32 bits per heavy atom. The van der Waals surface area contributed by atoms with Crippen LogP contribution < -0.4 is 0 Å². The van der Waals surface area contributed by atoms with Crippen molar-refractivity contribution >= 4 is 5.97 Å². The molecule has 1 unspecified atom stereocenters. The number of hydrogen-bond acceptors (Lipinski definition) is 2. The Balaban J connectivity index is 2.07. The summed E-state index contributed by atoms with van der Waals surface area (Å²) in [6.45, 7) is 5.39. The summed E-state index contributed by atoms with van der Waals surface area (Å²) in [5.41, 5.74) is 1.84. The molecule has 0 heterocycles. The predicted molar refractivity (Wildman–Crippen MR) is 83.9 cm³/mol. The topological polar surface area (TPSA) is 26.3 Å². The number of carbonyl (C=O) groups is 1. The number of ether oxygens (including phenoxy) is 1. The molecule has 2 aliphatic carbocycles. The highest BCUT2D eigenvalue weighted by Crippen LogP contribution is 2.50. The van der Waals surface area contributed by atoms with Gasteiger partial charge in [-0.15, -0.1) is 0 Å². The molecule has 0 aliphatic heterocycles. The molecule has 1 saturated carbocycles. The number of rotatable bonds is 3. The smallest absolute Gasteiger partial charge is 0.334 e. The van der Waals surface area contributed by atoms with E-state index in [1.807, 2.05) is 6.07 Å². The van der Waals surface area contributed by atoms with Gasteiger partial charge in [0, 0.05) is 11.5 Å². The number of carbonyl (C=O) groups excluding carboxylic acids is 1. The lowest BCUT2D eigenvalue weighted by atomic mass is 9.71. The van der Waals surface area contributed by atoms with E-state index < -0.39 is 5.60 Å². The van der Waals surface area contributed by atoms with E-state index in [1.165, 1.54) is 18.9 Å². The monoisotopic (exact) mass is 302 g/mol. The molecule has 22 heavy (non-hydrogen) atoms. The van der Waals surface area contributed by atoms with Gasteiger partial charge < -0.3 is 4.74 Å². The minimum atomic E-state index is -0.589. The normalized spacial score (nSPS) is 24.8. The van der Waals surface area contributed by atoms with Crippen molar-refractivity contribution in [3.05, 3.63) is 47.3 Å². The van der Waals surface area contributed by atoms with Crippen LogP contribution >= 0.6 is 0 Å². The lowest BCUT2D eigenvalue weighted by molar-refractivity contribution is -0.165. The van der Waals surface area contributed by atoms with Gasteiger partial charge in [-0.2, -0.15) is 0 Å². The lowest BCUT2D eigenvalue weighted by Crippen LogP contribution is -2.42. The summed E-state index contributed by atoms with van der Waals surface area (Å²) in [6, 6.07) is 4.92. The van der Waals surface area contributed by atoms with E-state index >= 15 is 0 Å². The first-order valence-corrected chi connectivity index (χ1v) is 8.21. The Labute approximate surface area is 131 Å². The van der Waals surface area contributed by atoms with Gasteiger partial charge in [-0.3, -0.25) is 0 Å². The van der Waals surface area contributed by atoms with Crippen molar-refractivity contribution in [1.29, 1.82) is 0 Å². The van der Waals surface area contributed by atoms with E-state index in [9.17, 15) is 9.18 Å². The van der Waals surface area contributed by atoms with E-state index in [4.69, 9.17) is 4.74 Å². The van der Waals surface area contributed by atoms with Crippen LogP contribution in [-0.2, 0) is 21.6 Å². The summed E-state index contributed by atoms with van der Waals surface area (Å²) in [5, 5.41) is 0. The zero-order valence-electron chi connectivity index (χ0n) is 13.2. The van der Waals surface area contributed by atoms with E-state index in [0.717, 1.165) is 43.2 Å². The number of hydrogen-bond donors (Lipinski definition) is 0. The lowest BCUT2D eigenvalue weighted by Gasteiger charge is -2.43. The largest absolute Gasteiger partial charge is 0.451 e. The van der Waals surface area contributed by atoms with Gasteiger partial charge in [0.05, 0.1) is 0 Å². The molecule has 3 heteroatoms. The van der Waals surface area contributed by atoms with Gasteiger partial charge in [0.1, 0.15) is 11.4 Å². The molecule has 0 N–H and O–H groups in total. The van der Waals surface area contributed by atoms with Gasteiger partial charge in [-0.25, -0.2) is 9.18 Å². The standard InChI is InChI=1S/C19H23FO2/c1-13(2)18(21)22-19(15-7-3-4-8-15)11-5-6-14-12-16(20)9-10-17(14)19/h9-10,12,15H,1,3-8,11H2,2H3. The zero-order valence-corrected chi connectivity index (χ0v) is 13.2. The summed E-state index contributed by atoms with van der Waals surface area (Å²) in [7, 11) is 0. The second-order valence-corrected chi connectivity index (χ2v) is 6.70. The molecule has 1 fully saturated rings. The minimum absolute atomic E-state index is 0.216. The Bertz CT molecular complexity index is 601. The van der Waals surface area contributed by atoms with Crippen LogP contribution in [0.2, 0.25) is 0 Å². The molecule has 2 aliphatic rings. The molecule has 0 amide bonds. The van der Waals surface area contributed by atoms with Crippen molar-refractivity contribution in [3.8, 4) is 0 Å². The maximum absolute atomic E-state index is 13.6. The van der Waals surface area contributed by atoms with Crippen LogP contribution in [0.3, 0.4) is 0 Å².